The van der Waals surface area contributed by atoms with E-state index in [0.717, 1.165) is 10.0 Å². The van der Waals surface area contributed by atoms with Crippen LogP contribution >= 0.6 is 31.9 Å². The first-order chi connectivity index (χ1) is 9.55. The van der Waals surface area contributed by atoms with Crippen LogP contribution in [-0.4, -0.2) is 16.2 Å². The van der Waals surface area contributed by atoms with Gasteiger partial charge in [0.05, 0.1) is 11.1 Å². The van der Waals surface area contributed by atoms with Crippen LogP contribution in [0.15, 0.2) is 53.3 Å². The van der Waals surface area contributed by atoms with Crippen molar-refractivity contribution in [2.24, 2.45) is 0 Å². The first-order valence-corrected chi connectivity index (χ1v) is 8.01. The van der Waals surface area contributed by atoms with Crippen molar-refractivity contribution in [3.8, 4) is 0 Å². The fourth-order valence-corrected chi connectivity index (χ4v) is 2.68. The maximum atomic E-state index is 12.4. The third-order valence-corrected chi connectivity index (χ3v) is 4.59. The summed E-state index contributed by atoms with van der Waals surface area (Å²) < 4.78 is 0.783. The van der Waals surface area contributed by atoms with E-state index < -0.39 is 5.54 Å². The number of hydrogen-bond donors (Lipinski definition) is 1. The van der Waals surface area contributed by atoms with E-state index in [2.05, 4.69) is 42.2 Å². The lowest BCUT2D eigenvalue weighted by Crippen LogP contribution is -2.44. The van der Waals surface area contributed by atoms with Crippen molar-refractivity contribution < 1.29 is 4.79 Å². The molecule has 5 heteroatoms. The predicted molar refractivity (Wildman–Crippen MR) is 87.0 cm³/mol. The van der Waals surface area contributed by atoms with Crippen LogP contribution in [0.1, 0.15) is 22.8 Å². The first kappa shape index (κ1) is 15.2. The highest BCUT2D eigenvalue weighted by molar-refractivity contribution is 9.10. The summed E-state index contributed by atoms with van der Waals surface area (Å²) in [5.74, 6) is -0.149. The lowest BCUT2D eigenvalue weighted by molar-refractivity contribution is 0.0913. The maximum Gasteiger partial charge on any atom is 0.253 e. The van der Waals surface area contributed by atoms with Gasteiger partial charge in [-0.25, -0.2) is 0 Å². The topological polar surface area (TPSA) is 42.0 Å². The molecule has 0 bridgehead atoms. The molecule has 0 aliphatic rings. The van der Waals surface area contributed by atoms with Crippen LogP contribution in [0.5, 0.6) is 0 Å². The summed E-state index contributed by atoms with van der Waals surface area (Å²) in [5.41, 5.74) is 1.11. The van der Waals surface area contributed by atoms with Gasteiger partial charge in [0.25, 0.3) is 5.91 Å². The Labute approximate surface area is 135 Å². The summed E-state index contributed by atoms with van der Waals surface area (Å²) in [7, 11) is 0. The predicted octanol–water partition coefficient (Wildman–Crippen LogP) is 3.88. The van der Waals surface area contributed by atoms with Gasteiger partial charge < -0.3 is 5.32 Å². The number of hydrogen-bond acceptors (Lipinski definition) is 2. The molecule has 20 heavy (non-hydrogen) atoms. The molecule has 0 saturated heterocycles. The second-order valence-electron chi connectivity index (χ2n) is 4.68. The Morgan fingerprint density at radius 3 is 2.60 bits per heavy atom. The molecule has 0 aliphatic heterocycles. The van der Waals surface area contributed by atoms with Gasteiger partial charge in [-0.05, 0) is 34.5 Å². The van der Waals surface area contributed by atoms with Crippen LogP contribution in [0.4, 0.5) is 0 Å². The molecule has 1 unspecified atom stereocenters. The van der Waals surface area contributed by atoms with Gasteiger partial charge in [-0.2, -0.15) is 0 Å². The van der Waals surface area contributed by atoms with Gasteiger partial charge in [-0.15, -0.1) is 0 Å². The number of amides is 1. The van der Waals surface area contributed by atoms with E-state index in [4.69, 9.17) is 0 Å². The largest absolute Gasteiger partial charge is 0.342 e. The summed E-state index contributed by atoms with van der Waals surface area (Å²) in [6, 6.07) is 11.6. The number of rotatable bonds is 4. The second-order valence-corrected chi connectivity index (χ2v) is 6.15. The molecule has 1 aromatic heterocycles. The van der Waals surface area contributed by atoms with Crippen LogP contribution < -0.4 is 5.32 Å². The van der Waals surface area contributed by atoms with Crippen LogP contribution in [0.25, 0.3) is 0 Å². The maximum absolute atomic E-state index is 12.4. The van der Waals surface area contributed by atoms with Gasteiger partial charge in [-0.1, -0.05) is 46.3 Å². The van der Waals surface area contributed by atoms with Crippen LogP contribution in [0.2, 0.25) is 0 Å². The number of carbonyl (C=O) groups excluding carboxylic acids is 1. The van der Waals surface area contributed by atoms with E-state index in [1.54, 1.807) is 18.5 Å². The summed E-state index contributed by atoms with van der Waals surface area (Å²) >= 11 is 6.80. The zero-order chi connectivity index (χ0) is 14.6. The minimum atomic E-state index is -0.472. The lowest BCUT2D eigenvalue weighted by Gasteiger charge is -2.29. The molecule has 3 nitrogen and oxygen atoms in total. The third kappa shape index (κ3) is 3.46. The Morgan fingerprint density at radius 2 is 2.00 bits per heavy atom. The second kappa shape index (κ2) is 6.50. The first-order valence-electron chi connectivity index (χ1n) is 6.10. The molecule has 0 radical (unpaired) electrons. The number of benzene rings is 1. The molecule has 1 amide bonds. The monoisotopic (exact) mass is 396 g/mol. The number of nitrogens with zero attached hydrogens (tertiary/aromatic N) is 1. The van der Waals surface area contributed by atoms with E-state index in [-0.39, 0.29) is 5.91 Å². The van der Waals surface area contributed by atoms with Gasteiger partial charge in [-0.3, -0.25) is 9.78 Å². The van der Waals surface area contributed by atoms with Crippen molar-refractivity contribution in [2.75, 3.05) is 5.33 Å². The number of alkyl halides is 1. The molecule has 104 valence electrons. The number of aromatic nitrogens is 1. The molecule has 0 spiro atoms. The average Bonchev–Trinajstić information content (AvgIpc) is 2.48. The number of pyridine rings is 1. The highest BCUT2D eigenvalue weighted by Gasteiger charge is 2.27. The Balaban J connectivity index is 2.24. The zero-order valence-corrected chi connectivity index (χ0v) is 14.1. The van der Waals surface area contributed by atoms with E-state index in [9.17, 15) is 4.79 Å². The minimum absolute atomic E-state index is 0.149. The molecular weight excluding hydrogens is 384 g/mol. The Hall–Kier alpha value is -1.20. The van der Waals surface area contributed by atoms with Gasteiger partial charge >= 0.3 is 0 Å². The molecule has 2 rings (SSSR count). The average molecular weight is 398 g/mol. The SMILES string of the molecule is CC(CBr)(NC(=O)c1cncc(Br)c1)c1ccccc1. The summed E-state index contributed by atoms with van der Waals surface area (Å²) in [4.78, 5) is 16.4. The summed E-state index contributed by atoms with van der Waals surface area (Å²) in [6.45, 7) is 1.99. The Kier molecular flexibility index (Phi) is 4.94. The quantitative estimate of drug-likeness (QED) is 0.795. The van der Waals surface area contributed by atoms with Gasteiger partial charge in [0.2, 0.25) is 0 Å². The standard InChI is InChI=1S/C15H14Br2N2O/c1-15(10-16,12-5-3-2-4-6-12)19-14(20)11-7-13(17)9-18-8-11/h2-9H,10H2,1H3,(H,19,20). The summed E-state index contributed by atoms with van der Waals surface area (Å²) in [6.07, 6.45) is 3.21. The number of halogens is 2. The Bertz CT molecular complexity index is 604. The van der Waals surface area contributed by atoms with Crippen molar-refractivity contribution >= 4 is 37.8 Å². The highest BCUT2D eigenvalue weighted by Crippen LogP contribution is 2.23. The zero-order valence-electron chi connectivity index (χ0n) is 10.9. The lowest BCUT2D eigenvalue weighted by atomic mass is 9.94. The van der Waals surface area contributed by atoms with Crippen molar-refractivity contribution in [1.82, 2.24) is 10.3 Å². The molecular formula is C15H14Br2N2O. The van der Waals surface area contributed by atoms with E-state index >= 15 is 0 Å². The Morgan fingerprint density at radius 1 is 1.30 bits per heavy atom. The van der Waals surface area contributed by atoms with Crippen molar-refractivity contribution in [1.29, 1.82) is 0 Å². The molecule has 1 atom stereocenters. The number of nitrogens with one attached hydrogen (secondary N) is 1. The van der Waals surface area contributed by atoms with E-state index in [1.165, 1.54) is 0 Å². The molecule has 0 saturated carbocycles. The van der Waals surface area contributed by atoms with Crippen molar-refractivity contribution in [2.45, 2.75) is 12.5 Å². The van der Waals surface area contributed by atoms with Gasteiger partial charge in [0.1, 0.15) is 0 Å². The molecule has 1 heterocycles. The van der Waals surface area contributed by atoms with E-state index in [0.29, 0.717) is 10.9 Å². The van der Waals surface area contributed by atoms with Crippen molar-refractivity contribution in [3.63, 3.8) is 0 Å². The molecule has 0 aliphatic carbocycles. The van der Waals surface area contributed by atoms with Crippen LogP contribution in [0, 0.1) is 0 Å². The van der Waals surface area contributed by atoms with Crippen LogP contribution in [-0.2, 0) is 5.54 Å². The molecule has 0 fully saturated rings. The number of carbonyl (C=O) groups is 1. The van der Waals surface area contributed by atoms with Gasteiger partial charge in [0, 0.05) is 22.2 Å². The minimum Gasteiger partial charge on any atom is -0.342 e. The summed E-state index contributed by atoms with van der Waals surface area (Å²) in [5, 5.41) is 3.68. The smallest absolute Gasteiger partial charge is 0.253 e. The fraction of sp³-hybridized carbons (Fsp3) is 0.200. The molecule has 1 aromatic carbocycles. The van der Waals surface area contributed by atoms with Crippen LogP contribution in [0.3, 0.4) is 0 Å². The van der Waals surface area contributed by atoms with Crippen molar-refractivity contribution in [3.05, 3.63) is 64.4 Å². The van der Waals surface area contributed by atoms with Gasteiger partial charge in [0.15, 0.2) is 0 Å². The molecule has 1 N–H and O–H groups in total. The highest BCUT2D eigenvalue weighted by atomic mass is 79.9. The van der Waals surface area contributed by atoms with E-state index in [1.807, 2.05) is 37.3 Å². The third-order valence-electron chi connectivity index (χ3n) is 3.03. The normalized spacial score (nSPS) is 13.6. The fourth-order valence-electron chi connectivity index (χ4n) is 1.85. The molecule has 2 aromatic rings.